The lowest BCUT2D eigenvalue weighted by Crippen LogP contribution is -2.57. The molecule has 156 valence electrons. The Hall–Kier alpha value is -2.71. The van der Waals surface area contributed by atoms with Crippen LogP contribution in [-0.2, 0) is 14.4 Å². The number of rotatable bonds is 4. The van der Waals surface area contributed by atoms with Gasteiger partial charge in [-0.15, -0.1) is 0 Å². The second-order valence-electron chi connectivity index (χ2n) is 7.59. The van der Waals surface area contributed by atoms with Gasteiger partial charge in [0.05, 0.1) is 22.9 Å². The molecule has 8 heteroatoms. The number of carbonyl (C=O) groups excluding carboxylic acids is 3. The van der Waals surface area contributed by atoms with Crippen LogP contribution in [0.1, 0.15) is 30.4 Å². The van der Waals surface area contributed by atoms with Gasteiger partial charge in [0.15, 0.2) is 11.2 Å². The van der Waals surface area contributed by atoms with Gasteiger partial charge >= 0.3 is 0 Å². The van der Waals surface area contributed by atoms with Crippen molar-refractivity contribution in [2.24, 2.45) is 0 Å². The fourth-order valence-electron chi connectivity index (χ4n) is 3.92. The number of nitrogens with zero attached hydrogens (tertiary/aromatic N) is 1. The molecule has 1 aromatic carbocycles. The average molecular weight is 426 g/mol. The van der Waals surface area contributed by atoms with E-state index in [0.29, 0.717) is 23.9 Å². The summed E-state index contributed by atoms with van der Waals surface area (Å²) >= 11 is 1.04. The molecule has 2 aliphatic rings. The summed E-state index contributed by atoms with van der Waals surface area (Å²) in [5.74, 6) is -0.301. The Morgan fingerprint density at radius 3 is 2.87 bits per heavy atom. The van der Waals surface area contributed by atoms with E-state index < -0.39 is 6.04 Å². The molecule has 0 radical (unpaired) electrons. The smallest absolute Gasteiger partial charge is 0.245 e. The van der Waals surface area contributed by atoms with Crippen LogP contribution in [0.4, 0.5) is 0 Å². The number of amides is 1. The summed E-state index contributed by atoms with van der Waals surface area (Å²) in [7, 11) is 0. The molecule has 0 bridgehead atoms. The molecule has 30 heavy (non-hydrogen) atoms. The van der Waals surface area contributed by atoms with E-state index >= 15 is 0 Å². The number of piperidine rings is 1. The predicted octanol–water partition coefficient (Wildman–Crippen LogP) is 2.25. The predicted molar refractivity (Wildman–Crippen MR) is 115 cm³/mol. The Morgan fingerprint density at radius 2 is 2.10 bits per heavy atom. The standard InChI is InChI=1S/C22H22N2O5S/c1-13-5-7-17-15(10-13)21(27)14(11-29-17)6-8-19(26)23-18-4-2-3-9-24(18)20-16(25)12-30-22(20)28/h5-8,10-11,18,20H,2-4,9,12H2,1H3,(H,23,26)/b8-6+. The Labute approximate surface area is 177 Å². The first-order valence-corrected chi connectivity index (χ1v) is 10.9. The van der Waals surface area contributed by atoms with Gasteiger partial charge in [-0.1, -0.05) is 23.4 Å². The number of hydrogen-bond donors (Lipinski definition) is 1. The molecule has 0 aliphatic carbocycles. The van der Waals surface area contributed by atoms with E-state index in [1.807, 2.05) is 13.0 Å². The third-order valence-electron chi connectivity index (χ3n) is 5.44. The maximum atomic E-state index is 12.7. The second-order valence-corrected chi connectivity index (χ2v) is 8.57. The van der Waals surface area contributed by atoms with Gasteiger partial charge in [0.1, 0.15) is 17.9 Å². The molecule has 2 fully saturated rings. The van der Waals surface area contributed by atoms with Crippen molar-refractivity contribution >= 4 is 45.6 Å². The second kappa shape index (κ2) is 8.57. The van der Waals surface area contributed by atoms with Gasteiger partial charge in [-0.2, -0.15) is 0 Å². The normalized spacial score (nSPS) is 22.8. The van der Waals surface area contributed by atoms with Crippen molar-refractivity contribution < 1.29 is 18.8 Å². The number of ketones is 1. The number of thioether (sulfide) groups is 1. The Balaban J connectivity index is 1.50. The summed E-state index contributed by atoms with van der Waals surface area (Å²) in [6, 6.07) is 4.59. The molecular weight excluding hydrogens is 404 g/mol. The highest BCUT2D eigenvalue weighted by Crippen LogP contribution is 2.27. The van der Waals surface area contributed by atoms with Crippen molar-refractivity contribution in [1.82, 2.24) is 10.2 Å². The molecule has 1 amide bonds. The Kier molecular flexibility index (Phi) is 5.87. The van der Waals surface area contributed by atoms with E-state index in [9.17, 15) is 19.2 Å². The van der Waals surface area contributed by atoms with E-state index in [-0.39, 0.29) is 39.7 Å². The van der Waals surface area contributed by atoms with Crippen LogP contribution in [0.25, 0.3) is 17.0 Å². The Morgan fingerprint density at radius 1 is 1.27 bits per heavy atom. The van der Waals surface area contributed by atoms with Crippen LogP contribution >= 0.6 is 11.8 Å². The van der Waals surface area contributed by atoms with Gasteiger partial charge in [-0.25, -0.2) is 0 Å². The molecule has 0 spiro atoms. The number of fused-ring (bicyclic) bond motifs is 1. The number of nitrogens with one attached hydrogen (secondary N) is 1. The van der Waals surface area contributed by atoms with Gasteiger partial charge in [0.2, 0.25) is 11.0 Å². The highest BCUT2D eigenvalue weighted by Gasteiger charge is 2.42. The molecule has 2 saturated heterocycles. The summed E-state index contributed by atoms with van der Waals surface area (Å²) in [4.78, 5) is 51.2. The largest absolute Gasteiger partial charge is 0.463 e. The lowest BCUT2D eigenvalue weighted by molar-refractivity contribution is -0.132. The van der Waals surface area contributed by atoms with Gasteiger partial charge < -0.3 is 9.73 Å². The molecule has 2 aromatic rings. The van der Waals surface area contributed by atoms with Crippen LogP contribution in [0.3, 0.4) is 0 Å². The quantitative estimate of drug-likeness (QED) is 0.592. The van der Waals surface area contributed by atoms with Crippen molar-refractivity contribution in [2.75, 3.05) is 12.3 Å². The van der Waals surface area contributed by atoms with Gasteiger partial charge in [-0.3, -0.25) is 24.1 Å². The topological polar surface area (TPSA) is 96.7 Å². The van der Waals surface area contributed by atoms with Gasteiger partial charge in [0.25, 0.3) is 0 Å². The molecule has 7 nitrogen and oxygen atoms in total. The third-order valence-corrected chi connectivity index (χ3v) is 6.38. The van der Waals surface area contributed by atoms with E-state index in [1.54, 1.807) is 17.0 Å². The highest BCUT2D eigenvalue weighted by atomic mass is 32.2. The molecule has 1 N–H and O–H groups in total. The number of likely N-dealkylation sites (tertiary alicyclic amines) is 1. The van der Waals surface area contributed by atoms with Crippen molar-refractivity contribution in [2.45, 2.75) is 38.4 Å². The van der Waals surface area contributed by atoms with E-state index in [4.69, 9.17) is 4.42 Å². The molecule has 2 atom stereocenters. The molecule has 2 unspecified atom stereocenters. The summed E-state index contributed by atoms with van der Waals surface area (Å²) in [5, 5.41) is 3.19. The van der Waals surface area contributed by atoms with Crippen molar-refractivity contribution in [1.29, 1.82) is 0 Å². The van der Waals surface area contributed by atoms with Crippen molar-refractivity contribution in [3.8, 4) is 0 Å². The SMILES string of the molecule is Cc1ccc2occ(/C=C/C(=O)NC3CCCCN3C3C(=O)CSC3=O)c(=O)c2c1. The molecule has 4 rings (SSSR count). The third kappa shape index (κ3) is 4.11. The van der Waals surface area contributed by atoms with E-state index in [0.717, 1.165) is 30.2 Å². The first kappa shape index (κ1) is 20.6. The molecule has 3 heterocycles. The lowest BCUT2D eigenvalue weighted by atomic mass is 10.0. The van der Waals surface area contributed by atoms with Crippen LogP contribution in [-0.4, -0.2) is 46.2 Å². The van der Waals surface area contributed by atoms with Crippen LogP contribution in [0.2, 0.25) is 0 Å². The summed E-state index contributed by atoms with van der Waals surface area (Å²) in [5.41, 5.74) is 1.51. The van der Waals surface area contributed by atoms with E-state index in [1.165, 1.54) is 18.4 Å². The van der Waals surface area contributed by atoms with Crippen LogP contribution < -0.4 is 10.7 Å². The number of carbonyl (C=O) groups is 3. The number of benzene rings is 1. The maximum Gasteiger partial charge on any atom is 0.245 e. The Bertz CT molecular complexity index is 1090. The zero-order valence-electron chi connectivity index (χ0n) is 16.6. The monoisotopic (exact) mass is 426 g/mol. The molecule has 1 aromatic heterocycles. The maximum absolute atomic E-state index is 12.7. The first-order chi connectivity index (χ1) is 14.4. The first-order valence-electron chi connectivity index (χ1n) is 9.90. The van der Waals surface area contributed by atoms with E-state index in [2.05, 4.69) is 5.32 Å². The number of aryl methyl sites for hydroxylation is 1. The fraction of sp³-hybridized carbons (Fsp3) is 0.364. The minimum atomic E-state index is -0.777. The molecule has 2 aliphatic heterocycles. The summed E-state index contributed by atoms with van der Waals surface area (Å²) in [6.45, 7) is 2.48. The fourth-order valence-corrected chi connectivity index (χ4v) is 4.79. The number of hydrogen-bond acceptors (Lipinski definition) is 7. The lowest BCUT2D eigenvalue weighted by Gasteiger charge is -2.38. The van der Waals surface area contributed by atoms with Gasteiger partial charge in [-0.05, 0) is 44.4 Å². The average Bonchev–Trinajstić information content (AvgIpc) is 3.06. The van der Waals surface area contributed by atoms with Crippen molar-refractivity contribution in [3.63, 3.8) is 0 Å². The molecule has 0 saturated carbocycles. The minimum Gasteiger partial charge on any atom is -0.463 e. The van der Waals surface area contributed by atoms with Crippen LogP contribution in [0.15, 0.2) is 39.7 Å². The zero-order valence-corrected chi connectivity index (χ0v) is 17.4. The van der Waals surface area contributed by atoms with Crippen LogP contribution in [0.5, 0.6) is 0 Å². The molecular formula is C22H22N2O5S. The highest BCUT2D eigenvalue weighted by molar-refractivity contribution is 8.15. The van der Waals surface area contributed by atoms with Crippen LogP contribution in [0, 0.1) is 6.92 Å². The van der Waals surface area contributed by atoms with Gasteiger partial charge in [0, 0.05) is 12.6 Å². The summed E-state index contributed by atoms with van der Waals surface area (Å²) < 4.78 is 5.50. The van der Waals surface area contributed by atoms with Crippen molar-refractivity contribution in [3.05, 3.63) is 51.9 Å². The zero-order chi connectivity index (χ0) is 21.3. The minimum absolute atomic E-state index is 0.106. The summed E-state index contributed by atoms with van der Waals surface area (Å²) in [6.07, 6.45) is 6.11. The number of Topliss-reactive ketones (excluding diaryl/α,β-unsaturated/α-hetero) is 1.